The molecule has 1 aliphatic heterocycles. The summed E-state index contributed by atoms with van der Waals surface area (Å²) < 4.78 is 35.1. The van der Waals surface area contributed by atoms with Crippen LogP contribution in [0.3, 0.4) is 0 Å². The van der Waals surface area contributed by atoms with Crippen molar-refractivity contribution in [2.75, 3.05) is 46.2 Å². The highest BCUT2D eigenvalue weighted by Crippen LogP contribution is 2.26. The minimum absolute atomic E-state index is 0.0465. The zero-order chi connectivity index (χ0) is 91.1. The lowest BCUT2D eigenvalue weighted by atomic mass is 10.2. The maximum atomic E-state index is 13.3. The van der Waals surface area contributed by atoms with Crippen LogP contribution in [0, 0.1) is 0 Å². The molecule has 13 aromatic rings. The average Bonchev–Trinajstić information content (AvgIpc) is 1.58. The molecule has 0 bridgehead atoms. The molecular formula is C86H108Cl3N19O17Si. The van der Waals surface area contributed by atoms with Gasteiger partial charge in [-0.25, -0.2) is 24.0 Å². The van der Waals surface area contributed by atoms with Crippen molar-refractivity contribution in [1.29, 1.82) is 0 Å². The molecule has 0 amide bonds. The second-order valence-corrected chi connectivity index (χ2v) is 37.0. The van der Waals surface area contributed by atoms with Crippen molar-refractivity contribution in [3.63, 3.8) is 0 Å². The highest BCUT2D eigenvalue weighted by molar-refractivity contribution is 6.76. The summed E-state index contributed by atoms with van der Waals surface area (Å²) in [6.45, 7) is 22.9. The molecule has 1 aliphatic rings. The maximum absolute atomic E-state index is 13.3. The van der Waals surface area contributed by atoms with E-state index in [4.69, 9.17) is 69.4 Å². The summed E-state index contributed by atoms with van der Waals surface area (Å²) in [6.07, 6.45) is 3.27. The van der Waals surface area contributed by atoms with Crippen LogP contribution < -0.4 is 61.0 Å². The quantitative estimate of drug-likeness (QED) is 0.0145. The van der Waals surface area contributed by atoms with Crippen LogP contribution in [0.1, 0.15) is 108 Å². The normalized spacial score (nSPS) is 11.8. The Morgan fingerprint density at radius 3 is 1.17 bits per heavy atom. The number of benzene rings is 4. The number of aliphatic hydroxyl groups is 4. The molecule has 4 aromatic carbocycles. The van der Waals surface area contributed by atoms with Crippen LogP contribution in [0.4, 0.5) is 5.82 Å². The molecule has 5 N–H and O–H groups in total. The number of aromatic nitrogens is 18. The molecule has 0 fully saturated rings. The van der Waals surface area contributed by atoms with E-state index in [9.17, 15) is 47.9 Å². The van der Waals surface area contributed by atoms with Gasteiger partial charge in [0.1, 0.15) is 12.5 Å². The van der Waals surface area contributed by atoms with E-state index < -0.39 is 47.5 Å². The first-order valence-corrected chi connectivity index (χ1v) is 46.8. The number of aromatic amines is 1. The van der Waals surface area contributed by atoms with E-state index in [1.165, 1.54) is 32.0 Å². The van der Waals surface area contributed by atoms with E-state index in [2.05, 4.69) is 49.6 Å². The SMILES string of the molecule is CCCCn1c(=O)c2c(nc(Cl)n2Cc2ccccc2)n(COCC[Si](C)(C)C)c1=O.CCOC1=Nc2c(c(=O)n(CCCO)c(=O)n2CC)C1.CCOc1nc2c(c(=O)n(CCCO)c(=O)n2CC)n1Cc1ccccc1.CCn1c(=O)n(CCCO)c(=O)c2c1nc(Cl)n2Cc1ccccc1.O=c1[nH]c2nc(Cl)n(Cc3ccccc3)c2c(=O)n1CCCO. The number of imidazole rings is 4. The van der Waals surface area contributed by atoms with Crippen molar-refractivity contribution in [2.24, 2.45) is 4.99 Å². The number of aliphatic imine (C=N–C) groups is 1. The molecule has 40 heteroatoms. The Kier molecular flexibility index (Phi) is 34.8. The van der Waals surface area contributed by atoms with Gasteiger partial charge in [-0.05, 0) is 130 Å². The van der Waals surface area contributed by atoms with Gasteiger partial charge in [0.05, 0.1) is 51.4 Å². The molecule has 126 heavy (non-hydrogen) atoms. The maximum Gasteiger partial charge on any atom is 0.334 e. The summed E-state index contributed by atoms with van der Waals surface area (Å²) in [6, 6.07) is 39.8. The molecular weight excluding hydrogens is 1710 g/mol. The fraction of sp³-hybridized carbons (Fsp3) is 0.430. The van der Waals surface area contributed by atoms with Crippen molar-refractivity contribution < 1.29 is 34.6 Å². The number of ether oxygens (including phenoxy) is 3. The largest absolute Gasteiger partial charge is 0.481 e. The number of hydrogen-bond acceptors (Lipinski definition) is 22. The van der Waals surface area contributed by atoms with Gasteiger partial charge in [-0.3, -0.25) is 74.6 Å². The number of aliphatic hydroxyl groups excluding tert-OH is 4. The van der Waals surface area contributed by atoms with E-state index in [-0.39, 0.29) is 109 Å². The standard InChI is InChI=1S/C22H31ClN4O3Si.C19H24N4O4.C17H19ClN4O3.C15H15ClN4O3.C13H19N3O4/c1-5-6-12-25-20(28)18-19(27(22(25)29)16-30-13-14-31(2,3)4)24-21(23)26(18)15-17-10-8-7-9-11-17;1-3-21-16-15(17(25)22(19(21)26)11-8-12-24)23(18(20-16)27-4-2)13-14-9-6-5-7-10-14;1-2-20-14-13(15(24)21(17(20)25)9-6-10-23)22(16(18)19-14)11-12-7-4-3-5-8-12;16-14-17-12-11(20(14)9-10-5-2-1-3-6-10)13(22)19(7-4-8-21)15(23)18-12;1-3-15-11-9(8-10(14-11)20-4-2)12(18)16(13(15)19)6-5-7-17/h7-11H,5-6,12-16H2,1-4H3;5-7,9-10,24H,3-4,8,11-13H2,1-2H3;3-5,7-8,23H,2,6,9-11H2,1H3;1-3,5-6,21H,4,7-9H2,(H,18,23);17H,3-8H2,1-2H3. The Labute approximate surface area is 737 Å². The Hall–Kier alpha value is -11.7. The van der Waals surface area contributed by atoms with Gasteiger partial charge in [0, 0.05) is 93.5 Å². The average molecular weight is 1810 g/mol. The number of nitrogens with one attached hydrogen (secondary N) is 1. The number of nitrogens with zero attached hydrogens (tertiary/aromatic N) is 18. The van der Waals surface area contributed by atoms with Crippen LogP contribution in [0.2, 0.25) is 41.5 Å². The van der Waals surface area contributed by atoms with Crippen molar-refractivity contribution in [1.82, 2.24) is 84.3 Å². The lowest BCUT2D eigenvalue weighted by Gasteiger charge is -2.16. The second kappa shape index (κ2) is 45.5. The van der Waals surface area contributed by atoms with Gasteiger partial charge in [-0.2, -0.15) is 24.9 Å². The lowest BCUT2D eigenvalue weighted by Crippen LogP contribution is -2.41. The first kappa shape index (κ1) is 96.5. The first-order chi connectivity index (χ1) is 60.7. The van der Waals surface area contributed by atoms with E-state index in [1.807, 2.05) is 163 Å². The fourth-order valence-corrected chi connectivity index (χ4v) is 15.5. The van der Waals surface area contributed by atoms with Crippen LogP contribution in [0.15, 0.2) is 174 Å². The topological polar surface area (TPSA) is 423 Å². The van der Waals surface area contributed by atoms with Gasteiger partial charge in [0.15, 0.2) is 50.6 Å². The Morgan fingerprint density at radius 2 is 0.754 bits per heavy atom. The van der Waals surface area contributed by atoms with Crippen molar-refractivity contribution >= 4 is 99.2 Å². The van der Waals surface area contributed by atoms with Gasteiger partial charge in [-0.1, -0.05) is 154 Å². The van der Waals surface area contributed by atoms with E-state index in [0.717, 1.165) is 50.3 Å². The van der Waals surface area contributed by atoms with Crippen molar-refractivity contribution in [3.05, 3.63) is 269 Å². The van der Waals surface area contributed by atoms with Gasteiger partial charge in [0.2, 0.25) is 15.9 Å². The van der Waals surface area contributed by atoms with Gasteiger partial charge in [-0.15, -0.1) is 0 Å². The number of unbranched alkanes of at least 4 members (excludes halogenated alkanes) is 1. The second-order valence-electron chi connectivity index (χ2n) is 30.4. The molecule has 9 aromatic heterocycles. The third kappa shape index (κ3) is 22.6. The summed E-state index contributed by atoms with van der Waals surface area (Å²) in [5.41, 5.74) is 2.48. The highest BCUT2D eigenvalue weighted by Gasteiger charge is 2.29. The summed E-state index contributed by atoms with van der Waals surface area (Å²) in [5, 5.41) is 36.4. The summed E-state index contributed by atoms with van der Waals surface area (Å²) >= 11 is 18.9. The Bertz CT molecular complexity index is 6590. The number of rotatable bonds is 34. The summed E-state index contributed by atoms with van der Waals surface area (Å²) in [7, 11) is -1.26. The molecule has 0 atom stereocenters. The molecule has 0 aliphatic carbocycles. The Balaban J connectivity index is 0.000000165. The van der Waals surface area contributed by atoms with Crippen LogP contribution in [-0.4, -0.2) is 165 Å². The van der Waals surface area contributed by atoms with E-state index >= 15 is 0 Å². The van der Waals surface area contributed by atoms with E-state index in [0.29, 0.717) is 155 Å². The number of fused-ring (bicyclic) bond motifs is 5. The van der Waals surface area contributed by atoms with Gasteiger partial charge in [0.25, 0.3) is 33.8 Å². The predicted molar refractivity (Wildman–Crippen MR) is 488 cm³/mol. The zero-order valence-electron chi connectivity index (χ0n) is 72.1. The van der Waals surface area contributed by atoms with Crippen LogP contribution >= 0.6 is 34.8 Å². The first-order valence-electron chi connectivity index (χ1n) is 42.0. The molecule has 14 rings (SSSR count). The van der Waals surface area contributed by atoms with Crippen molar-refractivity contribution in [2.45, 2.75) is 197 Å². The zero-order valence-corrected chi connectivity index (χ0v) is 75.4. The van der Waals surface area contributed by atoms with Gasteiger partial charge < -0.3 is 48.3 Å². The molecule has 0 spiro atoms. The number of H-pyrrole nitrogens is 1. The molecule has 0 radical (unpaired) electrons. The predicted octanol–water partition coefficient (Wildman–Crippen LogP) is 7.85. The third-order valence-corrected chi connectivity index (χ3v) is 23.1. The van der Waals surface area contributed by atoms with E-state index in [1.54, 1.807) is 18.3 Å². The monoisotopic (exact) mass is 1810 g/mol. The smallest absolute Gasteiger partial charge is 0.334 e. The highest BCUT2D eigenvalue weighted by atomic mass is 35.5. The third-order valence-electron chi connectivity index (χ3n) is 20.5. The summed E-state index contributed by atoms with van der Waals surface area (Å²) in [4.78, 5) is 151. The molecule has 0 saturated carbocycles. The number of halogens is 3. The van der Waals surface area contributed by atoms with Crippen LogP contribution in [0.25, 0.3) is 44.7 Å². The summed E-state index contributed by atoms with van der Waals surface area (Å²) in [5.74, 6) is 0.882. The lowest BCUT2D eigenvalue weighted by molar-refractivity contribution is 0.0854. The van der Waals surface area contributed by atoms with Crippen LogP contribution in [-0.2, 0) is 101 Å². The Morgan fingerprint density at radius 1 is 0.397 bits per heavy atom. The van der Waals surface area contributed by atoms with Crippen molar-refractivity contribution in [3.8, 4) is 6.01 Å². The molecule has 0 saturated heterocycles. The molecule has 36 nitrogen and oxygen atoms in total. The van der Waals surface area contributed by atoms with Gasteiger partial charge >= 0.3 is 28.4 Å². The minimum Gasteiger partial charge on any atom is -0.481 e. The molecule has 674 valence electrons. The molecule has 10 heterocycles. The molecule has 0 unspecified atom stereocenters. The fourth-order valence-electron chi connectivity index (χ4n) is 14.1. The number of aryl methyl sites for hydroxylation is 2. The minimum atomic E-state index is -1.26. The number of hydrogen-bond donors (Lipinski definition) is 5. The van der Waals surface area contributed by atoms with Crippen LogP contribution in [0.5, 0.6) is 6.01 Å².